The highest BCUT2D eigenvalue weighted by atomic mass is 35.5. The maximum Gasteiger partial charge on any atom is 0.123 e. The summed E-state index contributed by atoms with van der Waals surface area (Å²) in [6, 6.07) is 3.57. The maximum absolute atomic E-state index is 10.3. The number of nitrogens with zero attached hydrogens (tertiary/aromatic N) is 1. The van der Waals surface area contributed by atoms with Crippen molar-refractivity contribution in [1.82, 2.24) is 10.2 Å². The van der Waals surface area contributed by atoms with Gasteiger partial charge in [-0.1, -0.05) is 29.6 Å². The molecule has 2 fully saturated rings. The van der Waals surface area contributed by atoms with Crippen molar-refractivity contribution in [3.8, 4) is 5.75 Å². The molecular weight excluding hydrogens is 366 g/mol. The van der Waals surface area contributed by atoms with Crippen molar-refractivity contribution in [2.45, 2.75) is 25.3 Å². The van der Waals surface area contributed by atoms with Crippen LogP contribution in [0.2, 0.25) is 10.0 Å². The predicted molar refractivity (Wildman–Crippen MR) is 97.1 cm³/mol. The third kappa shape index (κ3) is 4.14. The second-order valence-electron chi connectivity index (χ2n) is 5.74. The Labute approximate surface area is 154 Å². The molecule has 0 spiro atoms. The van der Waals surface area contributed by atoms with Gasteiger partial charge in [-0.3, -0.25) is 4.90 Å². The Balaban J connectivity index is 0.00000121. The van der Waals surface area contributed by atoms with Gasteiger partial charge >= 0.3 is 0 Å². The Morgan fingerprint density at radius 2 is 1.77 bits per heavy atom. The van der Waals surface area contributed by atoms with Crippen LogP contribution in [0.3, 0.4) is 0 Å². The monoisotopic (exact) mass is 386 g/mol. The first-order valence-electron chi connectivity index (χ1n) is 7.29. The molecule has 126 valence electrons. The van der Waals surface area contributed by atoms with E-state index in [1.54, 1.807) is 12.1 Å². The summed E-state index contributed by atoms with van der Waals surface area (Å²) in [5.41, 5.74) is 0.864. The van der Waals surface area contributed by atoms with Gasteiger partial charge in [0.25, 0.3) is 0 Å². The summed E-state index contributed by atoms with van der Waals surface area (Å²) in [5.74, 6) is 0.829. The molecule has 0 aromatic heterocycles. The zero-order valence-corrected chi connectivity index (χ0v) is 15.4. The lowest BCUT2D eigenvalue weighted by molar-refractivity contribution is 0.0820. The van der Waals surface area contributed by atoms with Gasteiger partial charge in [0.1, 0.15) is 5.75 Å². The predicted octanol–water partition coefficient (Wildman–Crippen LogP) is 4.29. The summed E-state index contributed by atoms with van der Waals surface area (Å²) >= 11 is 12.4. The summed E-state index contributed by atoms with van der Waals surface area (Å²) in [5, 5.41) is 14.8. The maximum atomic E-state index is 10.3. The second kappa shape index (κ2) is 8.81. The molecule has 1 aromatic carbocycles. The van der Waals surface area contributed by atoms with Gasteiger partial charge in [-0.2, -0.15) is 0 Å². The van der Waals surface area contributed by atoms with Crippen molar-refractivity contribution in [1.29, 1.82) is 0 Å². The van der Waals surface area contributed by atoms with Crippen LogP contribution in [0.4, 0.5) is 0 Å². The molecule has 1 atom stereocenters. The first kappa shape index (κ1) is 20.1. The largest absolute Gasteiger partial charge is 0.508 e. The van der Waals surface area contributed by atoms with Crippen molar-refractivity contribution < 1.29 is 5.11 Å². The third-order valence-electron chi connectivity index (χ3n) is 4.51. The van der Waals surface area contributed by atoms with Gasteiger partial charge in [-0.25, -0.2) is 0 Å². The van der Waals surface area contributed by atoms with Crippen LogP contribution in [0.15, 0.2) is 12.1 Å². The number of aromatic hydroxyl groups is 1. The minimum absolute atomic E-state index is 0. The van der Waals surface area contributed by atoms with E-state index < -0.39 is 0 Å². The Kier molecular flexibility index (Phi) is 8.07. The molecule has 1 saturated carbocycles. The van der Waals surface area contributed by atoms with Gasteiger partial charge < -0.3 is 10.4 Å². The van der Waals surface area contributed by atoms with Gasteiger partial charge in [-0.05, 0) is 30.9 Å². The normalized spacial score (nSPS) is 20.5. The lowest BCUT2D eigenvalue weighted by atomic mass is 9.76. The first-order chi connectivity index (χ1) is 9.66. The van der Waals surface area contributed by atoms with Crippen LogP contribution in [0, 0.1) is 5.92 Å². The highest BCUT2D eigenvalue weighted by Gasteiger charge is 2.36. The number of benzene rings is 1. The molecule has 1 aliphatic heterocycles. The number of halogens is 4. The van der Waals surface area contributed by atoms with Crippen molar-refractivity contribution in [2.75, 3.05) is 26.2 Å². The lowest BCUT2D eigenvalue weighted by Crippen LogP contribution is -2.47. The SMILES string of the molecule is Cl.Cl.Oc1cc(Cl)cc(Cl)c1[C@H](C1CCC1)N1CCNCC1. The third-order valence-corrected chi connectivity index (χ3v) is 5.04. The van der Waals surface area contributed by atoms with Gasteiger partial charge in [0, 0.05) is 42.8 Å². The molecular formula is C15H22Cl4N2O. The molecule has 3 rings (SSSR count). The quantitative estimate of drug-likeness (QED) is 0.811. The molecule has 7 heteroatoms. The minimum atomic E-state index is 0. The molecule has 1 aliphatic carbocycles. The van der Waals surface area contributed by atoms with Gasteiger partial charge in [0.15, 0.2) is 0 Å². The fourth-order valence-corrected chi connectivity index (χ4v) is 3.89. The van der Waals surface area contributed by atoms with E-state index in [-0.39, 0.29) is 36.6 Å². The van der Waals surface area contributed by atoms with Crippen LogP contribution in [-0.2, 0) is 0 Å². The number of phenolic OH excluding ortho intramolecular Hbond substituents is 1. The molecule has 0 unspecified atom stereocenters. The Morgan fingerprint density at radius 1 is 1.14 bits per heavy atom. The van der Waals surface area contributed by atoms with Crippen LogP contribution in [0.5, 0.6) is 5.75 Å². The Morgan fingerprint density at radius 3 is 2.27 bits per heavy atom. The fourth-order valence-electron chi connectivity index (χ4n) is 3.30. The molecule has 0 radical (unpaired) electrons. The van der Waals surface area contributed by atoms with E-state index in [0.717, 1.165) is 31.7 Å². The molecule has 2 aliphatic rings. The number of phenols is 1. The topological polar surface area (TPSA) is 35.5 Å². The van der Waals surface area contributed by atoms with Crippen molar-refractivity contribution in [3.05, 3.63) is 27.7 Å². The summed E-state index contributed by atoms with van der Waals surface area (Å²) in [6.45, 7) is 3.99. The van der Waals surface area contributed by atoms with E-state index in [1.165, 1.54) is 19.3 Å². The number of hydrogen-bond donors (Lipinski definition) is 2. The second-order valence-corrected chi connectivity index (χ2v) is 6.59. The van der Waals surface area contributed by atoms with E-state index in [2.05, 4.69) is 10.2 Å². The highest BCUT2D eigenvalue weighted by molar-refractivity contribution is 6.35. The van der Waals surface area contributed by atoms with Crippen molar-refractivity contribution >= 4 is 48.0 Å². The van der Waals surface area contributed by atoms with E-state index in [4.69, 9.17) is 23.2 Å². The average Bonchev–Trinajstić information content (AvgIpc) is 2.35. The molecule has 1 heterocycles. The zero-order valence-electron chi connectivity index (χ0n) is 12.2. The highest BCUT2D eigenvalue weighted by Crippen LogP contribution is 2.47. The smallest absolute Gasteiger partial charge is 0.123 e. The standard InChI is InChI=1S/C15H20Cl2N2O.2ClH/c16-11-8-12(17)14(13(20)9-11)15(10-2-1-3-10)19-6-4-18-5-7-19;;/h8-10,15,18,20H,1-7H2;2*1H/t15-;;/m0../s1. The van der Waals surface area contributed by atoms with Crippen molar-refractivity contribution in [2.24, 2.45) is 5.92 Å². The Hall–Kier alpha value is 0.1000. The summed E-state index contributed by atoms with van der Waals surface area (Å²) in [6.07, 6.45) is 3.71. The Bertz CT molecular complexity index is 467. The number of hydrogen-bond acceptors (Lipinski definition) is 3. The van der Waals surface area contributed by atoms with E-state index >= 15 is 0 Å². The van der Waals surface area contributed by atoms with Crippen LogP contribution in [0.1, 0.15) is 30.9 Å². The molecule has 1 saturated heterocycles. The number of nitrogens with one attached hydrogen (secondary N) is 1. The van der Waals surface area contributed by atoms with Crippen LogP contribution in [0.25, 0.3) is 0 Å². The lowest BCUT2D eigenvalue weighted by Gasteiger charge is -2.43. The van der Waals surface area contributed by atoms with E-state index in [1.807, 2.05) is 0 Å². The van der Waals surface area contributed by atoms with Gasteiger partial charge in [-0.15, -0.1) is 24.8 Å². The van der Waals surface area contributed by atoms with Crippen LogP contribution < -0.4 is 5.32 Å². The molecule has 0 bridgehead atoms. The van der Waals surface area contributed by atoms with Crippen LogP contribution in [-0.4, -0.2) is 36.2 Å². The van der Waals surface area contributed by atoms with Gasteiger partial charge in [0.2, 0.25) is 0 Å². The zero-order chi connectivity index (χ0) is 14.1. The first-order valence-corrected chi connectivity index (χ1v) is 8.05. The summed E-state index contributed by atoms with van der Waals surface area (Å²) in [7, 11) is 0. The molecule has 3 nitrogen and oxygen atoms in total. The molecule has 22 heavy (non-hydrogen) atoms. The van der Waals surface area contributed by atoms with Crippen molar-refractivity contribution in [3.63, 3.8) is 0 Å². The summed E-state index contributed by atoms with van der Waals surface area (Å²) < 4.78 is 0. The van der Waals surface area contributed by atoms with Gasteiger partial charge in [0.05, 0.1) is 5.02 Å². The summed E-state index contributed by atoms with van der Waals surface area (Å²) in [4.78, 5) is 2.45. The number of rotatable bonds is 3. The van der Waals surface area contributed by atoms with E-state index in [0.29, 0.717) is 16.0 Å². The molecule has 1 aromatic rings. The fraction of sp³-hybridized carbons (Fsp3) is 0.600. The molecule has 0 amide bonds. The van der Waals surface area contributed by atoms with Crippen LogP contribution >= 0.6 is 48.0 Å². The average molecular weight is 388 g/mol. The molecule has 2 N–H and O–H groups in total. The van der Waals surface area contributed by atoms with E-state index in [9.17, 15) is 5.11 Å². The number of piperazine rings is 1. The minimum Gasteiger partial charge on any atom is -0.508 e.